The number of benzene rings is 1. The Balaban J connectivity index is 1.86. The molecule has 2 rings (SSSR count). The standard InChI is InChI=1S/C14H18ClF2NO2/c15-12-6-9(2-4-13(12)20-14(16)17)7-18-11-3-1-10(5-11)8-19/h2,4,6,10-11,14,18-19H,1,3,5,7-8H2/t10-,11+/m1/s1. The van der Waals surface area contributed by atoms with Crippen molar-refractivity contribution in [2.45, 2.75) is 38.5 Å². The van der Waals surface area contributed by atoms with Crippen LogP contribution in [0.15, 0.2) is 18.2 Å². The molecule has 0 aromatic heterocycles. The normalized spacial score (nSPS) is 22.4. The number of aliphatic hydroxyl groups excluding tert-OH is 1. The minimum absolute atomic E-state index is 0.00775. The third kappa shape index (κ3) is 4.30. The summed E-state index contributed by atoms with van der Waals surface area (Å²) in [5.74, 6) is 0.379. The van der Waals surface area contributed by atoms with Crippen LogP contribution in [0.3, 0.4) is 0 Å². The van der Waals surface area contributed by atoms with Crippen LogP contribution >= 0.6 is 11.6 Å². The molecule has 0 radical (unpaired) electrons. The van der Waals surface area contributed by atoms with Crippen molar-refractivity contribution in [1.82, 2.24) is 5.32 Å². The molecule has 0 aliphatic heterocycles. The van der Waals surface area contributed by atoms with E-state index in [1.807, 2.05) is 0 Å². The number of alkyl halides is 2. The van der Waals surface area contributed by atoms with Crippen molar-refractivity contribution in [2.24, 2.45) is 5.92 Å². The molecule has 1 aromatic carbocycles. The summed E-state index contributed by atoms with van der Waals surface area (Å²) in [6.07, 6.45) is 3.05. The van der Waals surface area contributed by atoms with Crippen LogP contribution in [0.5, 0.6) is 5.75 Å². The number of rotatable bonds is 6. The van der Waals surface area contributed by atoms with Gasteiger partial charge in [-0.2, -0.15) is 8.78 Å². The third-order valence-corrected chi connectivity index (χ3v) is 3.90. The first-order valence-electron chi connectivity index (χ1n) is 6.66. The van der Waals surface area contributed by atoms with E-state index < -0.39 is 6.61 Å². The Morgan fingerprint density at radius 2 is 2.20 bits per heavy atom. The average molecular weight is 306 g/mol. The molecule has 0 saturated heterocycles. The molecular formula is C14H18ClF2NO2. The van der Waals surface area contributed by atoms with Gasteiger partial charge in [-0.25, -0.2) is 0 Å². The van der Waals surface area contributed by atoms with Crippen LogP contribution in [0.25, 0.3) is 0 Å². The zero-order valence-corrected chi connectivity index (χ0v) is 11.7. The summed E-state index contributed by atoms with van der Waals surface area (Å²) in [6.45, 7) is -2.01. The van der Waals surface area contributed by atoms with E-state index in [1.54, 1.807) is 12.1 Å². The van der Waals surface area contributed by atoms with E-state index >= 15 is 0 Å². The lowest BCUT2D eigenvalue weighted by Crippen LogP contribution is -2.26. The Morgan fingerprint density at radius 1 is 1.40 bits per heavy atom. The van der Waals surface area contributed by atoms with Gasteiger partial charge in [0.25, 0.3) is 0 Å². The highest BCUT2D eigenvalue weighted by molar-refractivity contribution is 6.32. The molecule has 1 aliphatic rings. The smallest absolute Gasteiger partial charge is 0.387 e. The first kappa shape index (κ1) is 15.5. The minimum Gasteiger partial charge on any atom is -0.433 e. The molecule has 1 aromatic rings. The maximum atomic E-state index is 12.1. The second-order valence-electron chi connectivity index (χ2n) is 5.08. The summed E-state index contributed by atoms with van der Waals surface area (Å²) < 4.78 is 28.5. The number of nitrogens with one attached hydrogen (secondary N) is 1. The highest BCUT2D eigenvalue weighted by atomic mass is 35.5. The van der Waals surface area contributed by atoms with E-state index in [0.29, 0.717) is 18.5 Å². The first-order chi connectivity index (χ1) is 9.58. The molecule has 112 valence electrons. The minimum atomic E-state index is -2.87. The topological polar surface area (TPSA) is 41.5 Å². The van der Waals surface area contributed by atoms with Gasteiger partial charge in [-0.3, -0.25) is 0 Å². The van der Waals surface area contributed by atoms with Gasteiger partial charge in [0.2, 0.25) is 0 Å². The van der Waals surface area contributed by atoms with Gasteiger partial charge in [0.15, 0.2) is 0 Å². The molecule has 1 saturated carbocycles. The quantitative estimate of drug-likeness (QED) is 0.848. The van der Waals surface area contributed by atoms with Crippen LogP contribution in [-0.4, -0.2) is 24.4 Å². The van der Waals surface area contributed by atoms with E-state index in [1.165, 1.54) is 6.07 Å². The van der Waals surface area contributed by atoms with Crippen molar-refractivity contribution in [3.63, 3.8) is 0 Å². The van der Waals surface area contributed by atoms with Gasteiger partial charge in [0.1, 0.15) is 5.75 Å². The highest BCUT2D eigenvalue weighted by Crippen LogP contribution is 2.28. The molecule has 0 unspecified atom stereocenters. The molecule has 0 spiro atoms. The van der Waals surface area contributed by atoms with Gasteiger partial charge in [0.05, 0.1) is 5.02 Å². The third-order valence-electron chi connectivity index (χ3n) is 3.61. The molecule has 1 aliphatic carbocycles. The van der Waals surface area contributed by atoms with E-state index in [2.05, 4.69) is 10.1 Å². The fraction of sp³-hybridized carbons (Fsp3) is 0.571. The van der Waals surface area contributed by atoms with Crippen molar-refractivity contribution in [1.29, 1.82) is 0 Å². The fourth-order valence-electron chi connectivity index (χ4n) is 2.53. The average Bonchev–Trinajstić information content (AvgIpc) is 2.87. The van der Waals surface area contributed by atoms with Gasteiger partial charge >= 0.3 is 6.61 Å². The SMILES string of the molecule is OC[C@@H]1CC[C@H](NCc2ccc(OC(F)F)c(Cl)c2)C1. The van der Waals surface area contributed by atoms with Gasteiger partial charge < -0.3 is 15.2 Å². The molecule has 6 heteroatoms. The summed E-state index contributed by atoms with van der Waals surface area (Å²) in [5, 5.41) is 12.7. The molecule has 0 amide bonds. The predicted octanol–water partition coefficient (Wildman–Crippen LogP) is 3.19. The Bertz CT molecular complexity index is 445. The molecule has 2 N–H and O–H groups in total. The second-order valence-corrected chi connectivity index (χ2v) is 5.49. The zero-order chi connectivity index (χ0) is 14.5. The summed E-state index contributed by atoms with van der Waals surface area (Å²) >= 11 is 5.90. The van der Waals surface area contributed by atoms with Gasteiger partial charge in [-0.05, 0) is 42.9 Å². The van der Waals surface area contributed by atoms with E-state index in [0.717, 1.165) is 24.8 Å². The van der Waals surface area contributed by atoms with Crippen molar-refractivity contribution in [2.75, 3.05) is 6.61 Å². The number of aliphatic hydroxyl groups is 1. The lowest BCUT2D eigenvalue weighted by Gasteiger charge is -2.13. The molecule has 2 atom stereocenters. The number of ether oxygens (including phenoxy) is 1. The maximum absolute atomic E-state index is 12.1. The number of halogens is 3. The monoisotopic (exact) mass is 305 g/mol. The lowest BCUT2D eigenvalue weighted by atomic mass is 10.1. The largest absolute Gasteiger partial charge is 0.433 e. The Hall–Kier alpha value is -0.910. The van der Waals surface area contributed by atoms with Crippen LogP contribution in [0.1, 0.15) is 24.8 Å². The van der Waals surface area contributed by atoms with Gasteiger partial charge in [0, 0.05) is 19.2 Å². The van der Waals surface area contributed by atoms with Crippen molar-refractivity contribution in [3.8, 4) is 5.75 Å². The molecular weight excluding hydrogens is 288 g/mol. The second kappa shape index (κ2) is 7.20. The van der Waals surface area contributed by atoms with Crippen LogP contribution in [0.2, 0.25) is 5.02 Å². The summed E-state index contributed by atoms with van der Waals surface area (Å²) in [6, 6.07) is 5.19. The highest BCUT2D eigenvalue weighted by Gasteiger charge is 2.23. The molecule has 20 heavy (non-hydrogen) atoms. The summed E-state index contributed by atoms with van der Waals surface area (Å²) in [5.41, 5.74) is 0.920. The van der Waals surface area contributed by atoms with Crippen molar-refractivity contribution < 1.29 is 18.6 Å². The summed E-state index contributed by atoms with van der Waals surface area (Å²) in [7, 11) is 0. The van der Waals surface area contributed by atoms with E-state index in [9.17, 15) is 8.78 Å². The lowest BCUT2D eigenvalue weighted by molar-refractivity contribution is -0.0497. The van der Waals surface area contributed by atoms with Crippen LogP contribution in [0.4, 0.5) is 8.78 Å². The van der Waals surface area contributed by atoms with E-state index in [-0.39, 0.29) is 17.4 Å². The van der Waals surface area contributed by atoms with Gasteiger partial charge in [-0.1, -0.05) is 17.7 Å². The van der Waals surface area contributed by atoms with Crippen molar-refractivity contribution >= 4 is 11.6 Å². The number of hydrogen-bond donors (Lipinski definition) is 2. The zero-order valence-electron chi connectivity index (χ0n) is 11.0. The first-order valence-corrected chi connectivity index (χ1v) is 7.03. The van der Waals surface area contributed by atoms with Crippen LogP contribution in [0, 0.1) is 5.92 Å². The Labute approximate surface area is 121 Å². The fourth-order valence-corrected chi connectivity index (χ4v) is 2.78. The van der Waals surface area contributed by atoms with E-state index in [4.69, 9.17) is 16.7 Å². The molecule has 3 nitrogen and oxygen atoms in total. The Morgan fingerprint density at radius 3 is 2.80 bits per heavy atom. The van der Waals surface area contributed by atoms with Gasteiger partial charge in [-0.15, -0.1) is 0 Å². The molecule has 0 heterocycles. The summed E-state index contributed by atoms with van der Waals surface area (Å²) in [4.78, 5) is 0. The predicted molar refractivity (Wildman–Crippen MR) is 73.1 cm³/mol. The van der Waals surface area contributed by atoms with Crippen LogP contribution in [-0.2, 0) is 6.54 Å². The molecule has 0 bridgehead atoms. The van der Waals surface area contributed by atoms with Crippen LogP contribution < -0.4 is 10.1 Å². The maximum Gasteiger partial charge on any atom is 0.387 e. The van der Waals surface area contributed by atoms with Crippen molar-refractivity contribution in [3.05, 3.63) is 28.8 Å². The molecule has 1 fully saturated rings. The Kier molecular flexibility index (Phi) is 5.57. The number of hydrogen-bond acceptors (Lipinski definition) is 3.